The van der Waals surface area contributed by atoms with Crippen molar-refractivity contribution in [3.05, 3.63) is 47.2 Å². The molecule has 0 aliphatic heterocycles. The summed E-state index contributed by atoms with van der Waals surface area (Å²) in [6.07, 6.45) is 7.53. The molecule has 23 heavy (non-hydrogen) atoms. The molecule has 2 aromatic rings. The lowest BCUT2D eigenvalue weighted by atomic mass is 10.0. The van der Waals surface area contributed by atoms with Gasteiger partial charge in [0.2, 0.25) is 0 Å². The average Bonchev–Trinajstić information content (AvgIpc) is 3.28. The number of benzene rings is 1. The lowest BCUT2D eigenvalue weighted by Gasteiger charge is -2.15. The summed E-state index contributed by atoms with van der Waals surface area (Å²) in [5.74, 6) is 0.714. The Morgan fingerprint density at radius 2 is 2.00 bits per heavy atom. The van der Waals surface area contributed by atoms with Crippen molar-refractivity contribution in [2.45, 2.75) is 44.6 Å². The van der Waals surface area contributed by atoms with E-state index in [0.717, 1.165) is 24.2 Å². The zero-order chi connectivity index (χ0) is 15.8. The first kappa shape index (κ1) is 14.2. The van der Waals surface area contributed by atoms with Gasteiger partial charge >= 0.3 is 0 Å². The van der Waals surface area contributed by atoms with Crippen LogP contribution < -0.4 is 5.32 Å². The molecule has 0 saturated heterocycles. The molecule has 1 aromatic heterocycles. The van der Waals surface area contributed by atoms with Crippen LogP contribution in [0, 0.1) is 0 Å². The van der Waals surface area contributed by atoms with Crippen LogP contribution in [0.15, 0.2) is 30.5 Å². The number of amides is 1. The fraction of sp³-hybridized carbons (Fsp3) is 0.389. The standard InChI is InChI=1S/C18H19N3O2/c22-16-9-8-13-14(16)6-3-7-15(13)18(23)20-17-10-11-19-21(17)12-4-1-2-5-12/h3,6-7,10-12H,1-2,4-5,8-9H2,(H,20,23). The highest BCUT2D eigenvalue weighted by molar-refractivity contribution is 6.09. The minimum atomic E-state index is -0.156. The molecule has 1 amide bonds. The minimum Gasteiger partial charge on any atom is -0.307 e. The molecule has 2 aliphatic rings. The van der Waals surface area contributed by atoms with Gasteiger partial charge in [-0.05, 0) is 30.9 Å². The Hall–Kier alpha value is -2.43. The highest BCUT2D eigenvalue weighted by Gasteiger charge is 2.26. The summed E-state index contributed by atoms with van der Waals surface area (Å²) in [7, 11) is 0. The number of hydrogen-bond donors (Lipinski definition) is 1. The Labute approximate surface area is 134 Å². The molecule has 0 spiro atoms. The molecule has 0 bridgehead atoms. The first-order valence-corrected chi connectivity index (χ1v) is 8.24. The van der Waals surface area contributed by atoms with Gasteiger partial charge in [-0.3, -0.25) is 9.59 Å². The van der Waals surface area contributed by atoms with Crippen molar-refractivity contribution in [3.8, 4) is 0 Å². The van der Waals surface area contributed by atoms with E-state index in [-0.39, 0.29) is 11.7 Å². The average molecular weight is 309 g/mol. The number of nitrogens with zero attached hydrogens (tertiary/aromatic N) is 2. The predicted molar refractivity (Wildman–Crippen MR) is 86.8 cm³/mol. The Morgan fingerprint density at radius 1 is 1.17 bits per heavy atom. The fourth-order valence-corrected chi connectivity index (χ4v) is 3.74. The van der Waals surface area contributed by atoms with E-state index in [9.17, 15) is 9.59 Å². The van der Waals surface area contributed by atoms with Crippen molar-refractivity contribution < 1.29 is 9.59 Å². The zero-order valence-electron chi connectivity index (χ0n) is 12.9. The van der Waals surface area contributed by atoms with E-state index in [1.54, 1.807) is 18.3 Å². The number of Topliss-reactive ketones (excluding diaryl/α,β-unsaturated/α-hetero) is 1. The SMILES string of the molecule is O=C1CCc2c1cccc2C(=O)Nc1ccnn1C1CCCC1. The highest BCUT2D eigenvalue weighted by atomic mass is 16.2. The first-order valence-electron chi connectivity index (χ1n) is 8.24. The summed E-state index contributed by atoms with van der Waals surface area (Å²) in [5.41, 5.74) is 2.18. The van der Waals surface area contributed by atoms with Crippen molar-refractivity contribution in [2.75, 3.05) is 5.32 Å². The van der Waals surface area contributed by atoms with Gasteiger partial charge in [-0.2, -0.15) is 5.10 Å². The molecule has 4 rings (SSSR count). The van der Waals surface area contributed by atoms with Crippen LogP contribution in [0.2, 0.25) is 0 Å². The predicted octanol–water partition coefficient (Wildman–Crippen LogP) is 3.38. The summed E-state index contributed by atoms with van der Waals surface area (Å²) in [4.78, 5) is 24.5. The molecule has 0 radical (unpaired) electrons. The number of carbonyl (C=O) groups is 2. The molecule has 0 unspecified atom stereocenters. The van der Waals surface area contributed by atoms with Crippen LogP contribution in [-0.2, 0) is 6.42 Å². The molecule has 1 aromatic carbocycles. The van der Waals surface area contributed by atoms with Crippen molar-refractivity contribution in [1.82, 2.24) is 9.78 Å². The third-order valence-electron chi connectivity index (χ3n) is 4.91. The van der Waals surface area contributed by atoms with Gasteiger partial charge < -0.3 is 5.32 Å². The number of aromatic nitrogens is 2. The lowest BCUT2D eigenvalue weighted by Crippen LogP contribution is -2.19. The summed E-state index contributed by atoms with van der Waals surface area (Å²) >= 11 is 0. The van der Waals surface area contributed by atoms with Crippen molar-refractivity contribution in [3.63, 3.8) is 0 Å². The van der Waals surface area contributed by atoms with Crippen molar-refractivity contribution >= 4 is 17.5 Å². The summed E-state index contributed by atoms with van der Waals surface area (Å²) < 4.78 is 1.93. The van der Waals surface area contributed by atoms with E-state index in [1.807, 2.05) is 16.8 Å². The zero-order valence-corrected chi connectivity index (χ0v) is 12.9. The molecular formula is C18H19N3O2. The third kappa shape index (κ3) is 2.46. The van der Waals surface area contributed by atoms with E-state index in [4.69, 9.17) is 0 Å². The van der Waals surface area contributed by atoms with Gasteiger partial charge in [0.25, 0.3) is 5.91 Å². The number of fused-ring (bicyclic) bond motifs is 1. The maximum atomic E-state index is 12.7. The molecule has 0 atom stereocenters. The Morgan fingerprint density at radius 3 is 2.83 bits per heavy atom. The number of nitrogens with one attached hydrogen (secondary N) is 1. The molecule has 118 valence electrons. The first-order chi connectivity index (χ1) is 11.2. The molecule has 1 fully saturated rings. The Balaban J connectivity index is 1.60. The molecular weight excluding hydrogens is 290 g/mol. The number of rotatable bonds is 3. The number of carbonyl (C=O) groups excluding carboxylic acids is 2. The van der Waals surface area contributed by atoms with E-state index in [2.05, 4.69) is 10.4 Å². The van der Waals surface area contributed by atoms with Gasteiger partial charge in [0.15, 0.2) is 5.78 Å². The molecule has 1 saturated carbocycles. The summed E-state index contributed by atoms with van der Waals surface area (Å²) in [5, 5.41) is 7.36. The van der Waals surface area contributed by atoms with Gasteiger partial charge in [0, 0.05) is 23.6 Å². The molecule has 5 nitrogen and oxygen atoms in total. The van der Waals surface area contributed by atoms with Crippen LogP contribution in [0.3, 0.4) is 0 Å². The van der Waals surface area contributed by atoms with E-state index >= 15 is 0 Å². The Bertz CT molecular complexity index is 772. The quantitative estimate of drug-likeness (QED) is 0.945. The van der Waals surface area contributed by atoms with Crippen molar-refractivity contribution in [2.24, 2.45) is 0 Å². The van der Waals surface area contributed by atoms with Crippen LogP contribution in [0.25, 0.3) is 0 Å². The van der Waals surface area contributed by atoms with Crippen LogP contribution in [-0.4, -0.2) is 21.5 Å². The number of ketones is 1. The fourth-order valence-electron chi connectivity index (χ4n) is 3.74. The normalized spacial score (nSPS) is 17.5. The largest absolute Gasteiger partial charge is 0.307 e. The van der Waals surface area contributed by atoms with Gasteiger partial charge in [-0.25, -0.2) is 4.68 Å². The van der Waals surface area contributed by atoms with Gasteiger partial charge in [-0.15, -0.1) is 0 Å². The number of hydrogen-bond acceptors (Lipinski definition) is 3. The summed E-state index contributed by atoms with van der Waals surface area (Å²) in [6, 6.07) is 7.60. The van der Waals surface area contributed by atoms with Gasteiger partial charge in [0.1, 0.15) is 5.82 Å². The third-order valence-corrected chi connectivity index (χ3v) is 4.91. The van der Waals surface area contributed by atoms with Crippen molar-refractivity contribution in [1.29, 1.82) is 0 Å². The van der Waals surface area contributed by atoms with Gasteiger partial charge in [0.05, 0.1) is 12.2 Å². The van der Waals surface area contributed by atoms with E-state index < -0.39 is 0 Å². The second kappa shape index (κ2) is 5.65. The van der Waals surface area contributed by atoms with Crippen LogP contribution >= 0.6 is 0 Å². The molecule has 5 heteroatoms. The Kier molecular flexibility index (Phi) is 3.48. The maximum absolute atomic E-state index is 12.7. The number of anilines is 1. The topological polar surface area (TPSA) is 64.0 Å². The van der Waals surface area contributed by atoms with E-state index in [0.29, 0.717) is 30.0 Å². The summed E-state index contributed by atoms with van der Waals surface area (Å²) in [6.45, 7) is 0. The highest BCUT2D eigenvalue weighted by Crippen LogP contribution is 2.31. The maximum Gasteiger partial charge on any atom is 0.257 e. The van der Waals surface area contributed by atoms with Crippen LogP contribution in [0.1, 0.15) is 64.4 Å². The lowest BCUT2D eigenvalue weighted by molar-refractivity contribution is 0.0993. The second-order valence-corrected chi connectivity index (χ2v) is 6.31. The molecule has 1 heterocycles. The van der Waals surface area contributed by atoms with E-state index in [1.165, 1.54) is 12.8 Å². The van der Waals surface area contributed by atoms with Gasteiger partial charge in [-0.1, -0.05) is 25.0 Å². The monoisotopic (exact) mass is 309 g/mol. The van der Waals surface area contributed by atoms with Crippen LogP contribution in [0.4, 0.5) is 5.82 Å². The molecule has 1 N–H and O–H groups in total. The second-order valence-electron chi connectivity index (χ2n) is 6.31. The smallest absolute Gasteiger partial charge is 0.257 e. The minimum absolute atomic E-state index is 0.130. The van der Waals surface area contributed by atoms with Crippen LogP contribution in [0.5, 0.6) is 0 Å². The molecule has 2 aliphatic carbocycles.